The second-order valence-corrected chi connectivity index (χ2v) is 6.49. The lowest BCUT2D eigenvalue weighted by molar-refractivity contribution is 0.0993. The molecule has 106 valence electrons. The molecule has 1 heterocycles. The number of hydrogen-bond donors (Lipinski definition) is 3. The average molecular weight is 362 g/mol. The van der Waals surface area contributed by atoms with Gasteiger partial charge < -0.3 is 16.5 Å². The number of rotatable bonds is 3. The smallest absolute Gasteiger partial charge is 0.266 e. The van der Waals surface area contributed by atoms with Crippen LogP contribution in [0.1, 0.15) is 10.5 Å². The molecule has 0 saturated heterocycles. The number of primary amides is 1. The number of amides is 1. The second kappa shape index (κ2) is 5.46. The fourth-order valence-electron chi connectivity index (χ4n) is 2.10. The van der Waals surface area contributed by atoms with Crippen LogP contribution in [0.15, 0.2) is 56.7 Å². The van der Waals surface area contributed by atoms with Crippen molar-refractivity contribution in [3.63, 3.8) is 0 Å². The first-order valence-electron chi connectivity index (χ1n) is 6.19. The van der Waals surface area contributed by atoms with E-state index >= 15 is 0 Å². The van der Waals surface area contributed by atoms with Gasteiger partial charge in [-0.1, -0.05) is 39.8 Å². The first-order valence-corrected chi connectivity index (χ1v) is 7.80. The van der Waals surface area contributed by atoms with Crippen LogP contribution in [-0.4, -0.2) is 10.9 Å². The molecule has 0 radical (unpaired) electrons. The third-order valence-electron chi connectivity index (χ3n) is 3.09. The van der Waals surface area contributed by atoms with E-state index in [1.165, 1.54) is 11.8 Å². The van der Waals surface area contributed by atoms with Crippen LogP contribution in [0.2, 0.25) is 0 Å². The van der Waals surface area contributed by atoms with E-state index in [9.17, 15) is 4.79 Å². The van der Waals surface area contributed by atoms with E-state index in [2.05, 4.69) is 20.9 Å². The largest absolute Gasteiger partial charge is 0.398 e. The van der Waals surface area contributed by atoms with Gasteiger partial charge in [-0.25, -0.2) is 0 Å². The minimum atomic E-state index is -0.487. The molecule has 0 aliphatic carbocycles. The number of fused-ring (bicyclic) bond motifs is 1. The number of nitrogens with one attached hydrogen (secondary N) is 1. The molecule has 0 atom stereocenters. The number of nitrogens with two attached hydrogens (primary N) is 2. The van der Waals surface area contributed by atoms with Gasteiger partial charge in [0.05, 0.1) is 4.90 Å². The Labute approximate surface area is 134 Å². The Kier molecular flexibility index (Phi) is 3.65. The number of hydrogen-bond acceptors (Lipinski definition) is 3. The van der Waals surface area contributed by atoms with Crippen molar-refractivity contribution in [2.75, 3.05) is 5.73 Å². The molecule has 3 rings (SSSR count). The highest BCUT2D eigenvalue weighted by Crippen LogP contribution is 2.39. The Balaban J connectivity index is 2.20. The van der Waals surface area contributed by atoms with Crippen molar-refractivity contribution in [1.29, 1.82) is 0 Å². The summed E-state index contributed by atoms with van der Waals surface area (Å²) < 4.78 is 0.938. The molecule has 0 saturated carbocycles. The van der Waals surface area contributed by atoms with Gasteiger partial charge in [0.25, 0.3) is 5.91 Å². The number of anilines is 1. The first kappa shape index (κ1) is 14.0. The van der Waals surface area contributed by atoms with Gasteiger partial charge in [-0.15, -0.1) is 0 Å². The fourth-order valence-corrected chi connectivity index (χ4v) is 3.55. The third-order valence-corrected chi connectivity index (χ3v) is 4.80. The maximum absolute atomic E-state index is 11.7. The predicted molar refractivity (Wildman–Crippen MR) is 89.5 cm³/mol. The lowest BCUT2D eigenvalue weighted by Gasteiger charge is -2.05. The van der Waals surface area contributed by atoms with Crippen molar-refractivity contribution >= 4 is 50.2 Å². The Morgan fingerprint density at radius 1 is 1.19 bits per heavy atom. The maximum atomic E-state index is 11.7. The van der Waals surface area contributed by atoms with Gasteiger partial charge in [0.1, 0.15) is 5.69 Å². The molecule has 0 aliphatic heterocycles. The number of aromatic nitrogens is 1. The van der Waals surface area contributed by atoms with Gasteiger partial charge in [0, 0.05) is 26.0 Å². The highest BCUT2D eigenvalue weighted by molar-refractivity contribution is 9.10. The monoisotopic (exact) mass is 361 g/mol. The van der Waals surface area contributed by atoms with Crippen LogP contribution in [0.4, 0.5) is 5.69 Å². The summed E-state index contributed by atoms with van der Waals surface area (Å²) in [6.45, 7) is 0. The zero-order chi connectivity index (χ0) is 15.0. The van der Waals surface area contributed by atoms with E-state index < -0.39 is 5.91 Å². The molecule has 1 aromatic heterocycles. The van der Waals surface area contributed by atoms with Gasteiger partial charge in [-0.05, 0) is 30.3 Å². The summed E-state index contributed by atoms with van der Waals surface area (Å²) in [5.41, 5.74) is 13.4. The minimum absolute atomic E-state index is 0.399. The zero-order valence-electron chi connectivity index (χ0n) is 10.9. The van der Waals surface area contributed by atoms with E-state index in [1.54, 1.807) is 0 Å². The van der Waals surface area contributed by atoms with E-state index in [1.807, 2.05) is 42.5 Å². The number of carbonyl (C=O) groups is 1. The minimum Gasteiger partial charge on any atom is -0.398 e. The lowest BCUT2D eigenvalue weighted by Crippen LogP contribution is -2.12. The van der Waals surface area contributed by atoms with Crippen LogP contribution in [0, 0.1) is 0 Å². The number of carbonyl (C=O) groups excluding carboxylic acids is 1. The van der Waals surface area contributed by atoms with Crippen molar-refractivity contribution in [3.8, 4) is 0 Å². The molecule has 0 unspecified atom stereocenters. The SMILES string of the molecule is NC(=O)c1[nH]c2ccc(Br)cc2c1Sc1ccccc1N. The van der Waals surface area contributed by atoms with Crippen LogP contribution < -0.4 is 11.5 Å². The zero-order valence-corrected chi connectivity index (χ0v) is 13.3. The molecular weight excluding hydrogens is 350 g/mol. The average Bonchev–Trinajstić information content (AvgIpc) is 2.80. The standard InChI is InChI=1S/C15H12BrN3OS/c16-8-5-6-11-9(7-8)14(13(19-11)15(18)20)21-12-4-2-1-3-10(12)17/h1-7,19H,17H2,(H2,18,20). The summed E-state index contributed by atoms with van der Waals surface area (Å²) in [6.07, 6.45) is 0. The molecule has 3 aromatic rings. The number of H-pyrrole nitrogens is 1. The normalized spacial score (nSPS) is 10.9. The second-order valence-electron chi connectivity index (χ2n) is 4.52. The lowest BCUT2D eigenvalue weighted by atomic mass is 10.2. The number of aromatic amines is 1. The number of halogens is 1. The van der Waals surface area contributed by atoms with E-state index in [-0.39, 0.29) is 0 Å². The molecule has 1 amide bonds. The van der Waals surface area contributed by atoms with E-state index in [0.717, 1.165) is 25.2 Å². The van der Waals surface area contributed by atoms with E-state index in [4.69, 9.17) is 11.5 Å². The van der Waals surface area contributed by atoms with Crippen LogP contribution in [0.3, 0.4) is 0 Å². The Bertz CT molecular complexity index is 844. The van der Waals surface area contributed by atoms with Crippen molar-refractivity contribution in [2.45, 2.75) is 9.79 Å². The molecule has 0 bridgehead atoms. The van der Waals surface area contributed by atoms with Crippen LogP contribution in [0.25, 0.3) is 10.9 Å². The number of benzene rings is 2. The van der Waals surface area contributed by atoms with Crippen molar-refractivity contribution in [2.24, 2.45) is 5.73 Å². The van der Waals surface area contributed by atoms with Gasteiger partial charge in [-0.3, -0.25) is 4.79 Å². The molecule has 6 heteroatoms. The molecule has 0 spiro atoms. The summed E-state index contributed by atoms with van der Waals surface area (Å²) in [6, 6.07) is 13.3. The third kappa shape index (κ3) is 2.64. The van der Waals surface area contributed by atoms with Crippen molar-refractivity contribution in [3.05, 3.63) is 52.6 Å². The van der Waals surface area contributed by atoms with Crippen LogP contribution in [0.5, 0.6) is 0 Å². The van der Waals surface area contributed by atoms with Gasteiger partial charge in [0.2, 0.25) is 0 Å². The van der Waals surface area contributed by atoms with Crippen LogP contribution in [-0.2, 0) is 0 Å². The van der Waals surface area contributed by atoms with Crippen LogP contribution >= 0.6 is 27.7 Å². The molecule has 0 aliphatic rings. The highest BCUT2D eigenvalue weighted by atomic mass is 79.9. The summed E-state index contributed by atoms with van der Waals surface area (Å²) in [5.74, 6) is -0.487. The quantitative estimate of drug-likeness (QED) is 0.620. The number of nitrogen functional groups attached to an aromatic ring is 1. The van der Waals surface area contributed by atoms with Gasteiger partial charge in [-0.2, -0.15) is 0 Å². The summed E-state index contributed by atoms with van der Waals surface area (Å²) in [5, 5.41) is 0.937. The molecule has 5 N–H and O–H groups in total. The van der Waals surface area contributed by atoms with E-state index in [0.29, 0.717) is 11.4 Å². The fraction of sp³-hybridized carbons (Fsp3) is 0. The molecule has 2 aromatic carbocycles. The molecule has 21 heavy (non-hydrogen) atoms. The Morgan fingerprint density at radius 2 is 1.95 bits per heavy atom. The highest BCUT2D eigenvalue weighted by Gasteiger charge is 2.17. The topological polar surface area (TPSA) is 84.9 Å². The van der Waals surface area contributed by atoms with Gasteiger partial charge in [0.15, 0.2) is 0 Å². The first-order chi connectivity index (χ1) is 10.1. The number of para-hydroxylation sites is 1. The van der Waals surface area contributed by atoms with Gasteiger partial charge >= 0.3 is 0 Å². The Morgan fingerprint density at radius 3 is 2.67 bits per heavy atom. The summed E-state index contributed by atoms with van der Waals surface area (Å²) >= 11 is 4.88. The molecular formula is C15H12BrN3OS. The Hall–Kier alpha value is -1.92. The van der Waals surface area contributed by atoms with Crippen molar-refractivity contribution < 1.29 is 4.79 Å². The summed E-state index contributed by atoms with van der Waals surface area (Å²) in [7, 11) is 0. The maximum Gasteiger partial charge on any atom is 0.266 e. The molecule has 0 fully saturated rings. The predicted octanol–water partition coefficient (Wildman–Crippen LogP) is 3.76. The molecule has 4 nitrogen and oxygen atoms in total. The summed E-state index contributed by atoms with van der Waals surface area (Å²) in [4.78, 5) is 16.4. The van der Waals surface area contributed by atoms with Crippen molar-refractivity contribution in [1.82, 2.24) is 4.98 Å².